The summed E-state index contributed by atoms with van der Waals surface area (Å²) in [4.78, 5) is 11.4. The minimum atomic E-state index is -1.73. The van der Waals surface area contributed by atoms with Gasteiger partial charge in [0.05, 0.1) is 30.6 Å². The zero-order chi connectivity index (χ0) is 17.8. The van der Waals surface area contributed by atoms with Crippen LogP contribution in [0.1, 0.15) is 27.7 Å². The molecule has 0 aromatic rings. The first kappa shape index (κ1) is 18.3. The molecule has 23 heavy (non-hydrogen) atoms. The molecule has 0 aromatic carbocycles. The number of rotatable bonds is 5. The molecule has 0 fully saturated rings. The summed E-state index contributed by atoms with van der Waals surface area (Å²) < 4.78 is 5.33. The Bertz CT molecular complexity index is 658. The van der Waals surface area contributed by atoms with Crippen LogP contribution in [-0.4, -0.2) is 12.4 Å². The highest BCUT2D eigenvalue weighted by molar-refractivity contribution is 5.79. The molecule has 0 radical (unpaired) electrons. The highest BCUT2D eigenvalue weighted by Gasteiger charge is 2.66. The summed E-state index contributed by atoms with van der Waals surface area (Å²) in [6, 6.07) is 5.97. The summed E-state index contributed by atoms with van der Waals surface area (Å²) >= 11 is 0. The van der Waals surface area contributed by atoms with E-state index in [1.165, 1.54) is 6.26 Å². The van der Waals surface area contributed by atoms with E-state index in [0.717, 1.165) is 0 Å². The summed E-state index contributed by atoms with van der Waals surface area (Å²) in [6.45, 7) is 6.95. The molecule has 0 unspecified atom stereocenters. The molecule has 1 aliphatic carbocycles. The maximum atomic E-state index is 11.4. The van der Waals surface area contributed by atoms with Gasteiger partial charge in [0, 0.05) is 23.1 Å². The Hall–Kier alpha value is -2.78. The van der Waals surface area contributed by atoms with Crippen molar-refractivity contribution in [3.05, 3.63) is 23.6 Å². The first-order valence-electron chi connectivity index (χ1n) is 7.30. The molecule has 3 atom stereocenters. The fourth-order valence-corrected chi connectivity index (χ4v) is 3.13. The molecule has 0 amide bonds. The van der Waals surface area contributed by atoms with E-state index in [1.54, 1.807) is 19.9 Å². The highest BCUT2D eigenvalue weighted by Crippen LogP contribution is 2.60. The Morgan fingerprint density at radius 3 is 2.17 bits per heavy atom. The van der Waals surface area contributed by atoms with E-state index in [-0.39, 0.29) is 17.4 Å². The molecule has 0 aromatic heterocycles. The number of hydrogen-bond donors (Lipinski definition) is 1. The first-order valence-corrected chi connectivity index (χ1v) is 7.30. The summed E-state index contributed by atoms with van der Waals surface area (Å²) in [5.41, 5.74) is 2.87. The molecule has 1 rings (SSSR count). The monoisotopic (exact) mass is 312 g/mol. The topological polar surface area (TPSA) is 124 Å². The van der Waals surface area contributed by atoms with Gasteiger partial charge in [0.25, 0.3) is 0 Å². The van der Waals surface area contributed by atoms with Crippen LogP contribution < -0.4 is 5.73 Å². The van der Waals surface area contributed by atoms with Crippen LogP contribution in [0.4, 0.5) is 0 Å². The Balaban J connectivity index is 3.57. The maximum absolute atomic E-state index is 11.4. The van der Waals surface area contributed by atoms with Crippen LogP contribution in [0.25, 0.3) is 0 Å². The van der Waals surface area contributed by atoms with Crippen LogP contribution in [0.5, 0.6) is 0 Å². The lowest BCUT2D eigenvalue weighted by molar-refractivity contribution is -0.105. The number of nitrogens with zero attached hydrogens (tertiary/aromatic N) is 3. The summed E-state index contributed by atoms with van der Waals surface area (Å²) in [5.74, 6) is -1.35. The van der Waals surface area contributed by atoms with Gasteiger partial charge < -0.3 is 10.5 Å². The van der Waals surface area contributed by atoms with Crippen LogP contribution in [0.2, 0.25) is 0 Å². The predicted octanol–water partition coefficient (Wildman–Crippen LogP) is 2.17. The molecule has 6 nitrogen and oxygen atoms in total. The number of carbonyl (C=O) groups is 1. The van der Waals surface area contributed by atoms with Crippen LogP contribution in [0, 0.1) is 56.7 Å². The largest absolute Gasteiger partial charge is 0.499 e. The second-order valence-electron chi connectivity index (χ2n) is 5.96. The third kappa shape index (κ3) is 2.35. The van der Waals surface area contributed by atoms with Crippen LogP contribution in [0.3, 0.4) is 0 Å². The smallest absolute Gasteiger partial charge is 0.175 e. The average molecular weight is 312 g/mol. The van der Waals surface area contributed by atoms with E-state index in [1.807, 2.05) is 26.0 Å². The molecular weight excluding hydrogens is 292 g/mol. The van der Waals surface area contributed by atoms with Gasteiger partial charge in [0.15, 0.2) is 5.41 Å². The summed E-state index contributed by atoms with van der Waals surface area (Å²) in [6.07, 6.45) is 3.52. The number of aldehydes is 1. The van der Waals surface area contributed by atoms with Gasteiger partial charge in [-0.2, -0.15) is 15.8 Å². The lowest BCUT2D eigenvalue weighted by Crippen LogP contribution is -2.46. The molecule has 0 bridgehead atoms. The Morgan fingerprint density at radius 1 is 1.22 bits per heavy atom. The second-order valence-corrected chi connectivity index (χ2v) is 5.96. The van der Waals surface area contributed by atoms with E-state index < -0.39 is 22.7 Å². The molecule has 0 saturated heterocycles. The standard InChI is InChI=1S/C17H20N4O2/c1-11(2)23-6-5-12(3)17(10-20)15(21)14(7-22)13(4)16(17,8-18)9-19/h5-7,11-13H,21H2,1-4H3/b6-5+/t12-,13+,17+/m1/s1. The number of nitriles is 3. The van der Waals surface area contributed by atoms with E-state index in [2.05, 4.69) is 6.07 Å². The quantitative estimate of drug-likeness (QED) is 0.612. The maximum Gasteiger partial charge on any atom is 0.175 e. The number of carbonyl (C=O) groups excluding carboxylic acids is 1. The number of nitrogens with two attached hydrogens (primary N) is 1. The van der Waals surface area contributed by atoms with Crippen molar-refractivity contribution in [2.24, 2.45) is 28.4 Å². The van der Waals surface area contributed by atoms with Crippen molar-refractivity contribution in [3.63, 3.8) is 0 Å². The van der Waals surface area contributed by atoms with E-state index in [4.69, 9.17) is 10.5 Å². The molecule has 0 aliphatic heterocycles. The van der Waals surface area contributed by atoms with Crippen molar-refractivity contribution in [2.45, 2.75) is 33.8 Å². The normalized spacial score (nSPS) is 27.3. The van der Waals surface area contributed by atoms with Crippen molar-refractivity contribution in [1.29, 1.82) is 15.8 Å². The third-order valence-electron chi connectivity index (χ3n) is 4.53. The lowest BCUT2D eigenvalue weighted by Gasteiger charge is -2.37. The number of hydrogen-bond acceptors (Lipinski definition) is 6. The third-order valence-corrected chi connectivity index (χ3v) is 4.53. The van der Waals surface area contributed by atoms with E-state index in [9.17, 15) is 20.6 Å². The molecule has 1 aliphatic rings. The summed E-state index contributed by atoms with van der Waals surface area (Å²) in [5, 5.41) is 29.2. The Morgan fingerprint density at radius 2 is 1.78 bits per heavy atom. The zero-order valence-electron chi connectivity index (χ0n) is 13.7. The Kier molecular flexibility index (Phi) is 5.20. The second kappa shape index (κ2) is 6.55. The minimum Gasteiger partial charge on any atom is -0.499 e. The van der Waals surface area contributed by atoms with Gasteiger partial charge in [-0.25, -0.2) is 0 Å². The van der Waals surface area contributed by atoms with Gasteiger partial charge in [-0.15, -0.1) is 0 Å². The highest BCUT2D eigenvalue weighted by atomic mass is 16.5. The van der Waals surface area contributed by atoms with Crippen molar-refractivity contribution in [2.75, 3.05) is 0 Å². The number of ether oxygens (including phenoxy) is 1. The average Bonchev–Trinajstić information content (AvgIpc) is 2.70. The van der Waals surface area contributed by atoms with Gasteiger partial charge >= 0.3 is 0 Å². The lowest BCUT2D eigenvalue weighted by atomic mass is 9.58. The minimum absolute atomic E-state index is 0.00713. The van der Waals surface area contributed by atoms with Gasteiger partial charge in [0.2, 0.25) is 0 Å². The zero-order valence-corrected chi connectivity index (χ0v) is 13.7. The van der Waals surface area contributed by atoms with Crippen LogP contribution in [-0.2, 0) is 9.53 Å². The van der Waals surface area contributed by atoms with Crippen molar-refractivity contribution < 1.29 is 9.53 Å². The number of allylic oxidation sites excluding steroid dienone is 3. The van der Waals surface area contributed by atoms with E-state index >= 15 is 0 Å². The van der Waals surface area contributed by atoms with Crippen molar-refractivity contribution >= 4 is 6.29 Å². The molecule has 2 N–H and O–H groups in total. The fourth-order valence-electron chi connectivity index (χ4n) is 3.13. The van der Waals surface area contributed by atoms with Crippen LogP contribution in [0.15, 0.2) is 23.6 Å². The fraction of sp³-hybridized carbons (Fsp3) is 0.529. The van der Waals surface area contributed by atoms with E-state index in [0.29, 0.717) is 6.29 Å². The van der Waals surface area contributed by atoms with Crippen molar-refractivity contribution in [1.82, 2.24) is 0 Å². The molecule has 0 heterocycles. The Labute approximate surface area is 136 Å². The summed E-state index contributed by atoms with van der Waals surface area (Å²) in [7, 11) is 0. The molecular formula is C17H20N4O2. The van der Waals surface area contributed by atoms with Crippen molar-refractivity contribution in [3.8, 4) is 18.2 Å². The van der Waals surface area contributed by atoms with Gasteiger partial charge in [-0.05, 0) is 19.9 Å². The molecule has 0 saturated carbocycles. The molecule has 6 heteroatoms. The van der Waals surface area contributed by atoms with Gasteiger partial charge in [-0.3, -0.25) is 4.79 Å². The molecule has 120 valence electrons. The van der Waals surface area contributed by atoms with Crippen LogP contribution >= 0.6 is 0 Å². The molecule has 0 spiro atoms. The first-order chi connectivity index (χ1) is 10.8. The van der Waals surface area contributed by atoms with Gasteiger partial charge in [-0.1, -0.05) is 13.8 Å². The van der Waals surface area contributed by atoms with Gasteiger partial charge in [0.1, 0.15) is 11.7 Å². The SMILES string of the molecule is CC(C)O/C=C/[C@@H](C)[C@@]1(C#N)C(N)=C(C=O)[C@H](C)C1(C#N)C#N. The predicted molar refractivity (Wildman–Crippen MR) is 82.7 cm³/mol.